The molecule has 0 saturated heterocycles. The van der Waals surface area contributed by atoms with Crippen LogP contribution in [0, 0.1) is 0 Å². The quantitative estimate of drug-likeness (QED) is 0.835. The molecule has 0 bridgehead atoms. The first-order valence-electron chi connectivity index (χ1n) is 4.68. The Bertz CT molecular complexity index is 320. The first-order valence-corrected chi connectivity index (χ1v) is 5.06. The maximum Gasteiger partial charge on any atom is 0.213 e. The summed E-state index contributed by atoms with van der Waals surface area (Å²) in [5, 5.41) is 0.559. The van der Waals surface area contributed by atoms with Gasteiger partial charge >= 0.3 is 0 Å². The Morgan fingerprint density at radius 3 is 2.87 bits per heavy atom. The third kappa shape index (κ3) is 3.66. The largest absolute Gasteiger partial charge is 0.472 e. The van der Waals surface area contributed by atoms with E-state index in [4.69, 9.17) is 26.8 Å². The fourth-order valence-corrected chi connectivity index (χ4v) is 1.33. The molecule has 4 nitrogen and oxygen atoms in total. The molecule has 0 radical (unpaired) electrons. The molecule has 84 valence electrons. The van der Waals surface area contributed by atoms with Crippen molar-refractivity contribution in [2.75, 3.05) is 13.7 Å². The summed E-state index contributed by atoms with van der Waals surface area (Å²) < 4.78 is 10.5. The minimum Gasteiger partial charge on any atom is -0.472 e. The molecule has 1 heterocycles. The Balaban J connectivity index is 2.69. The lowest BCUT2D eigenvalue weighted by atomic mass is 10.3. The van der Waals surface area contributed by atoms with Crippen LogP contribution >= 0.6 is 11.6 Å². The monoisotopic (exact) mass is 230 g/mol. The summed E-state index contributed by atoms with van der Waals surface area (Å²) in [7, 11) is 1.63. The van der Waals surface area contributed by atoms with Gasteiger partial charge in [-0.2, -0.15) is 0 Å². The second-order valence-corrected chi connectivity index (χ2v) is 3.57. The van der Waals surface area contributed by atoms with Crippen molar-refractivity contribution in [3.8, 4) is 5.88 Å². The van der Waals surface area contributed by atoms with Gasteiger partial charge in [0.05, 0.1) is 17.3 Å². The lowest BCUT2D eigenvalue weighted by Crippen LogP contribution is -2.19. The highest BCUT2D eigenvalue weighted by Gasteiger charge is 2.07. The van der Waals surface area contributed by atoms with Crippen LogP contribution in [0.4, 0.5) is 0 Å². The van der Waals surface area contributed by atoms with Crippen molar-refractivity contribution < 1.29 is 9.47 Å². The van der Waals surface area contributed by atoms with Gasteiger partial charge in [0.25, 0.3) is 0 Å². The molecule has 1 rings (SSSR count). The molecule has 1 atom stereocenters. The molecule has 0 amide bonds. The maximum atomic E-state index is 5.87. The van der Waals surface area contributed by atoms with Crippen molar-refractivity contribution in [1.82, 2.24) is 4.98 Å². The zero-order valence-corrected chi connectivity index (χ0v) is 9.62. The van der Waals surface area contributed by atoms with Crippen LogP contribution in [0.3, 0.4) is 0 Å². The molecule has 0 aliphatic carbocycles. The number of hydrogen-bond donors (Lipinski definition) is 1. The average Bonchev–Trinajstić information content (AvgIpc) is 2.21. The van der Waals surface area contributed by atoms with E-state index in [-0.39, 0.29) is 6.10 Å². The molecule has 1 aromatic heterocycles. The molecule has 5 heteroatoms. The van der Waals surface area contributed by atoms with Crippen LogP contribution in [0.1, 0.15) is 12.6 Å². The Labute approximate surface area is 94.3 Å². The van der Waals surface area contributed by atoms with Gasteiger partial charge in [-0.05, 0) is 13.0 Å². The van der Waals surface area contributed by atoms with Crippen molar-refractivity contribution in [3.05, 3.63) is 22.8 Å². The molecule has 1 unspecified atom stereocenters. The number of nitrogens with zero attached hydrogens (tertiary/aromatic N) is 1. The highest BCUT2D eigenvalue weighted by molar-refractivity contribution is 6.31. The van der Waals surface area contributed by atoms with Crippen molar-refractivity contribution in [1.29, 1.82) is 0 Å². The molecule has 1 aromatic rings. The van der Waals surface area contributed by atoms with Gasteiger partial charge in [0, 0.05) is 19.7 Å². The third-order valence-electron chi connectivity index (χ3n) is 1.81. The first-order chi connectivity index (χ1) is 7.17. The number of methoxy groups -OCH3 is 1. The van der Waals surface area contributed by atoms with Gasteiger partial charge in [-0.3, -0.25) is 0 Å². The summed E-state index contributed by atoms with van der Waals surface area (Å²) >= 11 is 5.87. The fourth-order valence-electron chi connectivity index (χ4n) is 1.15. The predicted octanol–water partition coefficient (Wildman–Crippen LogP) is 1.61. The average molecular weight is 231 g/mol. The van der Waals surface area contributed by atoms with Crippen LogP contribution in [0.25, 0.3) is 0 Å². The second kappa shape index (κ2) is 5.90. The van der Waals surface area contributed by atoms with E-state index in [1.807, 2.05) is 6.92 Å². The molecular formula is C10H15ClN2O2. The lowest BCUT2D eigenvalue weighted by Gasteiger charge is -2.13. The first kappa shape index (κ1) is 12.2. The summed E-state index contributed by atoms with van der Waals surface area (Å²) in [6.45, 7) is 2.72. The number of rotatable bonds is 5. The van der Waals surface area contributed by atoms with Gasteiger partial charge in [-0.1, -0.05) is 11.6 Å². The molecular weight excluding hydrogens is 216 g/mol. The van der Waals surface area contributed by atoms with Gasteiger partial charge < -0.3 is 15.2 Å². The van der Waals surface area contributed by atoms with Crippen LogP contribution in [-0.2, 0) is 11.3 Å². The standard InChI is InChI=1S/C10H15ClN2O2/c1-7(6-14-2)15-10-4-3-8(11)9(5-12)13-10/h3-4,7H,5-6,12H2,1-2H3. The topological polar surface area (TPSA) is 57.4 Å². The number of pyridine rings is 1. The summed E-state index contributed by atoms with van der Waals surface area (Å²) in [6.07, 6.45) is -0.0469. The van der Waals surface area contributed by atoms with Crippen LogP contribution in [0.5, 0.6) is 5.88 Å². The number of aromatic nitrogens is 1. The SMILES string of the molecule is COCC(C)Oc1ccc(Cl)c(CN)n1. The van der Waals surface area contributed by atoms with Crippen LogP contribution in [0.2, 0.25) is 5.02 Å². The van der Waals surface area contributed by atoms with Crippen LogP contribution in [-0.4, -0.2) is 24.8 Å². The number of hydrogen-bond acceptors (Lipinski definition) is 4. The summed E-state index contributed by atoms with van der Waals surface area (Å²) in [5.74, 6) is 0.518. The van der Waals surface area contributed by atoms with Gasteiger partial charge in [0.15, 0.2) is 0 Å². The minimum atomic E-state index is -0.0469. The highest BCUT2D eigenvalue weighted by Crippen LogP contribution is 2.18. The minimum absolute atomic E-state index is 0.0469. The van der Waals surface area contributed by atoms with Crippen molar-refractivity contribution >= 4 is 11.6 Å². The Morgan fingerprint density at radius 2 is 2.27 bits per heavy atom. The number of nitrogens with two attached hydrogens (primary N) is 1. The van der Waals surface area contributed by atoms with Gasteiger partial charge in [-0.25, -0.2) is 4.98 Å². The van der Waals surface area contributed by atoms with E-state index in [9.17, 15) is 0 Å². The highest BCUT2D eigenvalue weighted by atomic mass is 35.5. The number of ether oxygens (including phenoxy) is 2. The smallest absolute Gasteiger partial charge is 0.213 e. The fraction of sp³-hybridized carbons (Fsp3) is 0.500. The third-order valence-corrected chi connectivity index (χ3v) is 2.15. The molecule has 0 aliphatic heterocycles. The van der Waals surface area contributed by atoms with Crippen LogP contribution < -0.4 is 10.5 Å². The van der Waals surface area contributed by atoms with Crippen molar-refractivity contribution in [2.24, 2.45) is 5.73 Å². The van der Waals surface area contributed by atoms with E-state index in [1.54, 1.807) is 19.2 Å². The zero-order valence-electron chi connectivity index (χ0n) is 8.87. The van der Waals surface area contributed by atoms with E-state index >= 15 is 0 Å². The maximum absolute atomic E-state index is 5.87. The van der Waals surface area contributed by atoms with Gasteiger partial charge in [0.2, 0.25) is 5.88 Å². The summed E-state index contributed by atoms with van der Waals surface area (Å²) in [4.78, 5) is 4.18. The molecule has 15 heavy (non-hydrogen) atoms. The zero-order chi connectivity index (χ0) is 11.3. The Kier molecular flexibility index (Phi) is 4.81. The molecule has 0 aliphatic rings. The van der Waals surface area contributed by atoms with E-state index in [1.165, 1.54) is 0 Å². The van der Waals surface area contributed by atoms with E-state index in [2.05, 4.69) is 4.98 Å². The molecule has 0 aromatic carbocycles. The van der Waals surface area contributed by atoms with E-state index in [0.29, 0.717) is 29.7 Å². The lowest BCUT2D eigenvalue weighted by molar-refractivity contribution is 0.0888. The van der Waals surface area contributed by atoms with E-state index in [0.717, 1.165) is 0 Å². The van der Waals surface area contributed by atoms with Crippen LogP contribution in [0.15, 0.2) is 12.1 Å². The Hall–Kier alpha value is -0.840. The Morgan fingerprint density at radius 1 is 1.53 bits per heavy atom. The molecule has 2 N–H and O–H groups in total. The van der Waals surface area contributed by atoms with E-state index < -0.39 is 0 Å². The summed E-state index contributed by atoms with van der Waals surface area (Å²) in [5.41, 5.74) is 6.12. The predicted molar refractivity (Wildman–Crippen MR) is 59.1 cm³/mol. The second-order valence-electron chi connectivity index (χ2n) is 3.17. The van der Waals surface area contributed by atoms with Gasteiger partial charge in [-0.15, -0.1) is 0 Å². The van der Waals surface area contributed by atoms with Gasteiger partial charge in [0.1, 0.15) is 6.10 Å². The molecule has 0 spiro atoms. The molecule has 0 saturated carbocycles. The number of halogens is 1. The van der Waals surface area contributed by atoms with Crippen molar-refractivity contribution in [2.45, 2.75) is 19.6 Å². The summed E-state index contributed by atoms with van der Waals surface area (Å²) in [6, 6.07) is 3.44. The normalized spacial score (nSPS) is 12.5. The molecule has 0 fully saturated rings. The van der Waals surface area contributed by atoms with Crippen molar-refractivity contribution in [3.63, 3.8) is 0 Å².